The minimum atomic E-state index is -0.0226. The summed E-state index contributed by atoms with van der Waals surface area (Å²) in [5, 5.41) is 4.14. The number of methoxy groups -OCH3 is 2. The second-order valence-electron chi connectivity index (χ2n) is 8.26. The monoisotopic (exact) mass is 462 g/mol. The van der Waals surface area contributed by atoms with Crippen molar-refractivity contribution in [2.75, 3.05) is 40.4 Å². The smallest absolute Gasteiger partial charge is 0.254 e. The zero-order valence-corrected chi connectivity index (χ0v) is 19.9. The van der Waals surface area contributed by atoms with Gasteiger partial charge in [0, 0.05) is 42.9 Å². The molecule has 0 unspecified atom stereocenters. The molecule has 1 aliphatic heterocycles. The van der Waals surface area contributed by atoms with Gasteiger partial charge in [0.05, 0.1) is 20.8 Å². The second-order valence-corrected chi connectivity index (χ2v) is 8.26. The fourth-order valence-electron chi connectivity index (χ4n) is 4.21. The average molecular weight is 463 g/mol. The minimum absolute atomic E-state index is 0.0226. The van der Waals surface area contributed by atoms with E-state index >= 15 is 0 Å². The van der Waals surface area contributed by atoms with Crippen LogP contribution in [-0.2, 0) is 13.0 Å². The first-order valence-electron chi connectivity index (χ1n) is 11.3. The van der Waals surface area contributed by atoms with Gasteiger partial charge in [0.25, 0.3) is 5.91 Å². The van der Waals surface area contributed by atoms with Gasteiger partial charge >= 0.3 is 0 Å². The molecule has 4 rings (SSSR count). The molecule has 1 amide bonds. The predicted molar refractivity (Wildman–Crippen MR) is 129 cm³/mol. The molecule has 0 aliphatic carbocycles. The van der Waals surface area contributed by atoms with E-state index in [4.69, 9.17) is 14.0 Å². The Kier molecular flexibility index (Phi) is 7.27. The number of benzene rings is 2. The van der Waals surface area contributed by atoms with E-state index in [0.29, 0.717) is 54.8 Å². The van der Waals surface area contributed by atoms with Crippen molar-refractivity contribution in [2.45, 2.75) is 19.9 Å². The van der Waals surface area contributed by atoms with Gasteiger partial charge in [-0.15, -0.1) is 6.58 Å². The number of aryl methyl sites for hydroxylation is 1. The average Bonchev–Trinajstić information content (AvgIpc) is 3.32. The van der Waals surface area contributed by atoms with Gasteiger partial charge in [-0.2, -0.15) is 4.98 Å². The van der Waals surface area contributed by atoms with Gasteiger partial charge in [0.2, 0.25) is 11.7 Å². The van der Waals surface area contributed by atoms with E-state index in [1.165, 1.54) is 0 Å². The quantitative estimate of drug-likeness (QED) is 0.472. The van der Waals surface area contributed by atoms with Crippen molar-refractivity contribution < 1.29 is 18.8 Å². The van der Waals surface area contributed by atoms with Gasteiger partial charge in [-0.25, -0.2) is 0 Å². The Labute approximate surface area is 199 Å². The number of amides is 1. The Bertz CT molecular complexity index is 1170. The highest BCUT2D eigenvalue weighted by Crippen LogP contribution is 2.33. The van der Waals surface area contributed by atoms with Crippen LogP contribution in [0.25, 0.3) is 11.4 Å². The van der Waals surface area contributed by atoms with E-state index < -0.39 is 0 Å². The number of piperazine rings is 1. The van der Waals surface area contributed by atoms with E-state index in [1.54, 1.807) is 26.4 Å². The van der Waals surface area contributed by atoms with Crippen molar-refractivity contribution in [1.29, 1.82) is 0 Å². The summed E-state index contributed by atoms with van der Waals surface area (Å²) in [5.74, 6) is 2.33. The molecule has 0 N–H and O–H groups in total. The summed E-state index contributed by atoms with van der Waals surface area (Å²) in [4.78, 5) is 21.9. The van der Waals surface area contributed by atoms with Gasteiger partial charge in [0.1, 0.15) is 0 Å². The first-order chi connectivity index (χ1) is 16.5. The summed E-state index contributed by atoms with van der Waals surface area (Å²) in [6.07, 6.45) is 2.37. The molecule has 0 saturated carbocycles. The molecule has 178 valence electrons. The predicted octanol–water partition coefficient (Wildman–Crippen LogP) is 3.75. The summed E-state index contributed by atoms with van der Waals surface area (Å²) >= 11 is 0. The van der Waals surface area contributed by atoms with E-state index in [1.807, 2.05) is 42.2 Å². The first-order valence-corrected chi connectivity index (χ1v) is 11.3. The Morgan fingerprint density at radius 2 is 1.91 bits per heavy atom. The molecule has 2 aromatic carbocycles. The first kappa shape index (κ1) is 23.5. The summed E-state index contributed by atoms with van der Waals surface area (Å²) in [6.45, 7) is 9.06. The Morgan fingerprint density at radius 3 is 2.59 bits per heavy atom. The van der Waals surface area contributed by atoms with Gasteiger partial charge in [-0.05, 0) is 31.0 Å². The molecule has 0 bridgehead atoms. The van der Waals surface area contributed by atoms with Gasteiger partial charge < -0.3 is 18.9 Å². The molecule has 1 saturated heterocycles. The molecule has 0 spiro atoms. The van der Waals surface area contributed by atoms with Crippen LogP contribution in [0.15, 0.2) is 53.6 Å². The standard InChI is InChI=1S/C26H30N4O4/c1-5-8-19-15-20(16-22(32-3)24(19)33-4)26(31)30-13-11-29(12-14-30)17-23-27-25(28-34-23)21-10-7-6-9-18(21)2/h5-7,9-10,15-16H,1,8,11-14,17H2,2-4H3. The lowest BCUT2D eigenvalue weighted by Gasteiger charge is -2.34. The second kappa shape index (κ2) is 10.5. The maximum absolute atomic E-state index is 13.2. The Morgan fingerprint density at radius 1 is 1.15 bits per heavy atom. The van der Waals surface area contributed by atoms with Crippen LogP contribution in [0, 0.1) is 6.92 Å². The largest absolute Gasteiger partial charge is 0.493 e. The molecular weight excluding hydrogens is 432 g/mol. The summed E-state index contributed by atoms with van der Waals surface area (Å²) in [6, 6.07) is 11.6. The van der Waals surface area contributed by atoms with Crippen LogP contribution in [0.2, 0.25) is 0 Å². The molecule has 1 aliphatic rings. The number of rotatable bonds is 8. The maximum atomic E-state index is 13.2. The van der Waals surface area contributed by atoms with Crippen LogP contribution in [0.3, 0.4) is 0 Å². The lowest BCUT2D eigenvalue weighted by Crippen LogP contribution is -2.48. The van der Waals surface area contributed by atoms with Crippen LogP contribution in [0.4, 0.5) is 0 Å². The minimum Gasteiger partial charge on any atom is -0.493 e. The number of hydrogen-bond donors (Lipinski definition) is 0. The van der Waals surface area contributed by atoms with Crippen molar-refractivity contribution in [3.63, 3.8) is 0 Å². The van der Waals surface area contributed by atoms with E-state index in [0.717, 1.165) is 29.8 Å². The third-order valence-corrected chi connectivity index (χ3v) is 6.04. The molecular formula is C26H30N4O4. The number of ether oxygens (including phenoxy) is 2. The zero-order chi connectivity index (χ0) is 24.1. The molecule has 1 fully saturated rings. The molecule has 0 atom stereocenters. The third kappa shape index (κ3) is 4.97. The fraction of sp³-hybridized carbons (Fsp3) is 0.346. The number of hydrogen-bond acceptors (Lipinski definition) is 7. The summed E-state index contributed by atoms with van der Waals surface area (Å²) in [5.41, 5.74) is 3.54. The highest BCUT2D eigenvalue weighted by Gasteiger charge is 2.25. The number of aromatic nitrogens is 2. The van der Waals surface area contributed by atoms with Crippen molar-refractivity contribution in [1.82, 2.24) is 19.9 Å². The third-order valence-electron chi connectivity index (χ3n) is 6.04. The normalized spacial score (nSPS) is 14.1. The number of allylic oxidation sites excluding steroid dienone is 1. The summed E-state index contributed by atoms with van der Waals surface area (Å²) in [7, 11) is 3.17. The number of nitrogens with zero attached hydrogens (tertiary/aromatic N) is 4. The zero-order valence-electron chi connectivity index (χ0n) is 19.9. The molecule has 8 heteroatoms. The molecule has 0 radical (unpaired) electrons. The van der Waals surface area contributed by atoms with Crippen LogP contribution < -0.4 is 9.47 Å². The van der Waals surface area contributed by atoms with Crippen LogP contribution in [-0.4, -0.2) is 66.2 Å². The van der Waals surface area contributed by atoms with Crippen LogP contribution >= 0.6 is 0 Å². The topological polar surface area (TPSA) is 80.9 Å². The summed E-state index contributed by atoms with van der Waals surface area (Å²) < 4.78 is 16.4. The molecule has 34 heavy (non-hydrogen) atoms. The van der Waals surface area contributed by atoms with E-state index in [9.17, 15) is 4.79 Å². The van der Waals surface area contributed by atoms with Gasteiger partial charge in [-0.1, -0.05) is 35.5 Å². The van der Waals surface area contributed by atoms with E-state index in [-0.39, 0.29) is 5.91 Å². The molecule has 1 aromatic heterocycles. The van der Waals surface area contributed by atoms with Gasteiger partial charge in [0.15, 0.2) is 11.5 Å². The van der Waals surface area contributed by atoms with E-state index in [2.05, 4.69) is 21.6 Å². The number of carbonyl (C=O) groups is 1. The van der Waals surface area contributed by atoms with Crippen molar-refractivity contribution in [3.05, 3.63) is 71.6 Å². The molecule has 2 heterocycles. The van der Waals surface area contributed by atoms with Crippen LogP contribution in [0.1, 0.15) is 27.4 Å². The maximum Gasteiger partial charge on any atom is 0.254 e. The van der Waals surface area contributed by atoms with Crippen LogP contribution in [0.5, 0.6) is 11.5 Å². The van der Waals surface area contributed by atoms with Gasteiger partial charge in [-0.3, -0.25) is 9.69 Å². The Balaban J connectivity index is 1.39. The molecule has 3 aromatic rings. The highest BCUT2D eigenvalue weighted by molar-refractivity contribution is 5.95. The van der Waals surface area contributed by atoms with Crippen molar-refractivity contribution in [2.24, 2.45) is 0 Å². The fourth-order valence-corrected chi connectivity index (χ4v) is 4.21. The SMILES string of the molecule is C=CCc1cc(C(=O)N2CCN(Cc3nc(-c4ccccc4C)no3)CC2)cc(OC)c1OC. The van der Waals surface area contributed by atoms with Crippen molar-refractivity contribution >= 4 is 5.91 Å². The number of carbonyl (C=O) groups excluding carboxylic acids is 1. The van der Waals surface area contributed by atoms with Crippen molar-refractivity contribution in [3.8, 4) is 22.9 Å². The molecule has 8 nitrogen and oxygen atoms in total. The lowest BCUT2D eigenvalue weighted by atomic mass is 10.0. The lowest BCUT2D eigenvalue weighted by molar-refractivity contribution is 0.0614. The Hall–Kier alpha value is -3.65. The highest BCUT2D eigenvalue weighted by atomic mass is 16.5.